The van der Waals surface area contributed by atoms with Gasteiger partial charge in [0.15, 0.2) is 17.2 Å². The number of ether oxygens (including phenoxy) is 1. The predicted octanol–water partition coefficient (Wildman–Crippen LogP) is 3.73. The summed E-state index contributed by atoms with van der Waals surface area (Å²) in [6.07, 6.45) is -0.537. The Balaban J connectivity index is 1.98. The molecule has 112 valence electrons. The summed E-state index contributed by atoms with van der Waals surface area (Å²) in [5.41, 5.74) is 1.78. The molecule has 4 nitrogen and oxygen atoms in total. The van der Waals surface area contributed by atoms with E-state index in [1.807, 2.05) is 0 Å². The molecule has 0 radical (unpaired) electrons. The third-order valence-corrected chi connectivity index (χ3v) is 2.82. The van der Waals surface area contributed by atoms with Crippen molar-refractivity contribution >= 4 is 11.2 Å². The molecule has 8 heteroatoms. The van der Waals surface area contributed by atoms with Crippen LogP contribution in [0, 0.1) is 5.82 Å². The molecule has 0 atom stereocenters. The number of nitrogens with zero attached hydrogens (tertiary/aromatic N) is 3. The summed E-state index contributed by atoms with van der Waals surface area (Å²) in [6, 6.07) is 4.79. The summed E-state index contributed by atoms with van der Waals surface area (Å²) in [5, 5.41) is 0. The third-order valence-electron chi connectivity index (χ3n) is 2.82. The van der Waals surface area contributed by atoms with Gasteiger partial charge in [-0.25, -0.2) is 14.4 Å². The molecule has 2 aromatic heterocycles. The van der Waals surface area contributed by atoms with E-state index in [1.54, 1.807) is 6.07 Å². The highest BCUT2D eigenvalue weighted by atomic mass is 19.4. The van der Waals surface area contributed by atoms with Crippen molar-refractivity contribution < 1.29 is 22.3 Å². The quantitative estimate of drug-likeness (QED) is 0.677. The minimum Gasteiger partial charge on any atom is -0.403 e. The molecule has 0 unspecified atom stereocenters. The lowest BCUT2D eigenvalue weighted by Gasteiger charge is -2.10. The fourth-order valence-electron chi connectivity index (χ4n) is 1.90. The average Bonchev–Trinajstić information content (AvgIpc) is 2.47. The van der Waals surface area contributed by atoms with Gasteiger partial charge in [-0.05, 0) is 23.8 Å². The summed E-state index contributed by atoms with van der Waals surface area (Å²) < 4.78 is 53.6. The topological polar surface area (TPSA) is 47.9 Å². The van der Waals surface area contributed by atoms with Gasteiger partial charge in [0, 0.05) is 24.2 Å². The number of hydrogen-bond acceptors (Lipinski definition) is 4. The van der Waals surface area contributed by atoms with Crippen molar-refractivity contribution in [2.24, 2.45) is 0 Å². The van der Waals surface area contributed by atoms with Gasteiger partial charge in [0.25, 0.3) is 0 Å². The second kappa shape index (κ2) is 5.21. The van der Waals surface area contributed by atoms with E-state index in [4.69, 9.17) is 0 Å². The summed E-state index contributed by atoms with van der Waals surface area (Å²) in [5.74, 6) is -2.00. The molecule has 3 rings (SSSR count). The summed E-state index contributed by atoms with van der Waals surface area (Å²) >= 11 is 0. The van der Waals surface area contributed by atoms with E-state index in [0.717, 1.165) is 12.1 Å². The molecule has 0 amide bonds. The van der Waals surface area contributed by atoms with Crippen LogP contribution in [0.1, 0.15) is 0 Å². The number of benzene rings is 1. The lowest BCUT2D eigenvalue weighted by Crippen LogP contribution is -2.17. The van der Waals surface area contributed by atoms with Crippen LogP contribution in [0.25, 0.3) is 22.3 Å². The third kappa shape index (κ3) is 2.95. The van der Waals surface area contributed by atoms with Crippen molar-refractivity contribution in [3.05, 3.63) is 48.7 Å². The Morgan fingerprint density at radius 2 is 1.68 bits per heavy atom. The van der Waals surface area contributed by atoms with E-state index in [-0.39, 0.29) is 0 Å². The van der Waals surface area contributed by atoms with E-state index in [1.165, 1.54) is 24.7 Å². The second-order valence-electron chi connectivity index (χ2n) is 4.32. The molecule has 0 N–H and O–H groups in total. The van der Waals surface area contributed by atoms with Gasteiger partial charge in [-0.1, -0.05) is 6.07 Å². The highest BCUT2D eigenvalue weighted by molar-refractivity contribution is 5.77. The molecular formula is C14H7F4N3O. The maximum absolute atomic E-state index is 13.7. The van der Waals surface area contributed by atoms with E-state index < -0.39 is 17.9 Å². The van der Waals surface area contributed by atoms with Crippen LogP contribution in [0.4, 0.5) is 17.6 Å². The molecule has 0 aliphatic carbocycles. The second-order valence-corrected chi connectivity index (χ2v) is 4.32. The fourth-order valence-corrected chi connectivity index (χ4v) is 1.90. The number of pyridine rings is 1. The SMILES string of the molecule is Fc1cc(-c2cnc3nccnc3c2)ccc1OC(F)(F)F. The Kier molecular flexibility index (Phi) is 3.36. The van der Waals surface area contributed by atoms with Crippen molar-refractivity contribution in [3.8, 4) is 16.9 Å². The monoisotopic (exact) mass is 309 g/mol. The summed E-state index contributed by atoms with van der Waals surface area (Å²) in [7, 11) is 0. The standard InChI is InChI=1S/C14H7F4N3O/c15-10-5-8(1-2-12(10)22-14(16,17)18)9-6-11-13(21-7-9)20-4-3-19-11/h1-7H. The Bertz CT molecular complexity index is 836. The van der Waals surface area contributed by atoms with E-state index in [2.05, 4.69) is 19.7 Å². The molecule has 0 saturated carbocycles. The molecule has 0 spiro atoms. The Labute approximate surface area is 121 Å². The van der Waals surface area contributed by atoms with E-state index >= 15 is 0 Å². The molecule has 0 aliphatic heterocycles. The molecule has 0 aliphatic rings. The first-order valence-electron chi connectivity index (χ1n) is 6.05. The highest BCUT2D eigenvalue weighted by Gasteiger charge is 2.32. The smallest absolute Gasteiger partial charge is 0.403 e. The van der Waals surface area contributed by atoms with Gasteiger partial charge in [-0.15, -0.1) is 13.2 Å². The zero-order chi connectivity index (χ0) is 15.7. The van der Waals surface area contributed by atoms with Gasteiger partial charge in [-0.3, -0.25) is 4.98 Å². The molecule has 0 fully saturated rings. The lowest BCUT2D eigenvalue weighted by atomic mass is 10.1. The van der Waals surface area contributed by atoms with Crippen molar-refractivity contribution in [1.82, 2.24) is 15.0 Å². The van der Waals surface area contributed by atoms with Crippen molar-refractivity contribution in [3.63, 3.8) is 0 Å². The van der Waals surface area contributed by atoms with Crippen LogP contribution in [-0.4, -0.2) is 21.3 Å². The van der Waals surface area contributed by atoms with Gasteiger partial charge < -0.3 is 4.74 Å². The predicted molar refractivity (Wildman–Crippen MR) is 69.4 cm³/mol. The van der Waals surface area contributed by atoms with Crippen LogP contribution < -0.4 is 4.74 Å². The summed E-state index contributed by atoms with van der Waals surface area (Å²) in [6.45, 7) is 0. The lowest BCUT2D eigenvalue weighted by molar-refractivity contribution is -0.275. The maximum atomic E-state index is 13.7. The van der Waals surface area contributed by atoms with E-state index in [9.17, 15) is 17.6 Å². The fraction of sp³-hybridized carbons (Fsp3) is 0.0714. The van der Waals surface area contributed by atoms with Gasteiger partial charge >= 0.3 is 6.36 Å². The normalized spacial score (nSPS) is 11.6. The zero-order valence-corrected chi connectivity index (χ0v) is 10.8. The van der Waals surface area contributed by atoms with Crippen molar-refractivity contribution in [2.75, 3.05) is 0 Å². The first-order chi connectivity index (χ1) is 10.4. The van der Waals surface area contributed by atoms with Crippen LogP contribution in [0.15, 0.2) is 42.9 Å². The van der Waals surface area contributed by atoms with Gasteiger partial charge in [-0.2, -0.15) is 0 Å². The number of rotatable bonds is 2. The number of fused-ring (bicyclic) bond motifs is 1. The number of hydrogen-bond donors (Lipinski definition) is 0. The first-order valence-corrected chi connectivity index (χ1v) is 6.05. The van der Waals surface area contributed by atoms with Crippen LogP contribution in [0.5, 0.6) is 5.75 Å². The Morgan fingerprint density at radius 3 is 2.41 bits per heavy atom. The molecule has 0 saturated heterocycles. The van der Waals surface area contributed by atoms with Crippen molar-refractivity contribution in [2.45, 2.75) is 6.36 Å². The van der Waals surface area contributed by atoms with Crippen LogP contribution >= 0.6 is 0 Å². The Morgan fingerprint density at radius 1 is 0.909 bits per heavy atom. The van der Waals surface area contributed by atoms with Crippen molar-refractivity contribution in [1.29, 1.82) is 0 Å². The van der Waals surface area contributed by atoms with Crippen LogP contribution in [-0.2, 0) is 0 Å². The molecule has 1 aromatic carbocycles. The molecule has 0 bridgehead atoms. The number of halogens is 4. The largest absolute Gasteiger partial charge is 0.573 e. The highest BCUT2D eigenvalue weighted by Crippen LogP contribution is 2.29. The first kappa shape index (κ1) is 14.2. The van der Waals surface area contributed by atoms with Gasteiger partial charge in [0.1, 0.15) is 5.52 Å². The average molecular weight is 309 g/mol. The van der Waals surface area contributed by atoms with Gasteiger partial charge in [0.2, 0.25) is 0 Å². The molecule has 2 heterocycles. The van der Waals surface area contributed by atoms with E-state index in [0.29, 0.717) is 22.3 Å². The number of aromatic nitrogens is 3. The van der Waals surface area contributed by atoms with Crippen LogP contribution in [0.2, 0.25) is 0 Å². The molecule has 22 heavy (non-hydrogen) atoms. The Hall–Kier alpha value is -2.77. The zero-order valence-electron chi connectivity index (χ0n) is 10.8. The molecular weight excluding hydrogens is 302 g/mol. The summed E-state index contributed by atoms with van der Waals surface area (Å²) in [4.78, 5) is 12.1. The van der Waals surface area contributed by atoms with Gasteiger partial charge in [0.05, 0.1) is 0 Å². The minimum atomic E-state index is -4.94. The molecule has 3 aromatic rings. The van der Waals surface area contributed by atoms with Crippen LogP contribution in [0.3, 0.4) is 0 Å². The number of alkyl halides is 3. The minimum absolute atomic E-state index is 0.354. The maximum Gasteiger partial charge on any atom is 0.573 e.